The van der Waals surface area contributed by atoms with Gasteiger partial charge in [0.05, 0.1) is 0 Å². The molecular formula is C13H11BrF3N3O. The Labute approximate surface area is 127 Å². The Kier molecular flexibility index (Phi) is 3.56. The van der Waals surface area contributed by atoms with Crippen molar-refractivity contribution in [2.24, 2.45) is 11.0 Å². The van der Waals surface area contributed by atoms with E-state index in [-0.39, 0.29) is 17.8 Å². The first-order valence-corrected chi connectivity index (χ1v) is 7.03. The van der Waals surface area contributed by atoms with E-state index in [0.717, 1.165) is 4.48 Å². The third kappa shape index (κ3) is 3.15. The zero-order valence-corrected chi connectivity index (χ0v) is 12.2. The highest BCUT2D eigenvalue weighted by molar-refractivity contribution is 9.11. The van der Waals surface area contributed by atoms with Crippen molar-refractivity contribution in [1.29, 1.82) is 0 Å². The summed E-state index contributed by atoms with van der Waals surface area (Å²) in [5.41, 5.74) is 2.93. The number of amidine groups is 1. The maximum absolute atomic E-state index is 12.3. The van der Waals surface area contributed by atoms with Gasteiger partial charge in [-0.2, -0.15) is 5.10 Å². The lowest BCUT2D eigenvalue weighted by Crippen LogP contribution is -2.38. The highest BCUT2D eigenvalue weighted by Crippen LogP contribution is 2.30. The van der Waals surface area contributed by atoms with E-state index in [1.165, 1.54) is 12.2 Å². The van der Waals surface area contributed by atoms with Crippen molar-refractivity contribution in [2.75, 3.05) is 0 Å². The van der Waals surface area contributed by atoms with Crippen LogP contribution in [-0.2, 0) is 4.74 Å². The fourth-order valence-electron chi connectivity index (χ4n) is 2.34. The lowest BCUT2D eigenvalue weighted by Gasteiger charge is -2.27. The molecule has 112 valence electrons. The summed E-state index contributed by atoms with van der Waals surface area (Å²) >= 11 is 3.37. The number of nitrogens with zero attached hydrogens (tertiary/aromatic N) is 2. The van der Waals surface area contributed by atoms with E-state index >= 15 is 0 Å². The number of nitrogens with one attached hydrogen (secondary N) is 1. The van der Waals surface area contributed by atoms with Crippen LogP contribution in [0.5, 0.6) is 0 Å². The molecule has 0 saturated heterocycles. The van der Waals surface area contributed by atoms with Gasteiger partial charge in [0.2, 0.25) is 0 Å². The van der Waals surface area contributed by atoms with Crippen molar-refractivity contribution in [3.05, 3.63) is 46.8 Å². The Morgan fingerprint density at radius 1 is 1.38 bits per heavy atom. The molecule has 0 aromatic carbocycles. The van der Waals surface area contributed by atoms with E-state index in [1.807, 2.05) is 23.3 Å². The van der Waals surface area contributed by atoms with Crippen LogP contribution in [0.1, 0.15) is 6.42 Å². The Hall–Kier alpha value is -1.70. The number of alkyl halides is 3. The first-order valence-electron chi connectivity index (χ1n) is 6.23. The van der Waals surface area contributed by atoms with E-state index in [2.05, 4.69) is 31.2 Å². The van der Waals surface area contributed by atoms with Crippen molar-refractivity contribution >= 4 is 21.8 Å². The van der Waals surface area contributed by atoms with Crippen LogP contribution in [0.3, 0.4) is 0 Å². The monoisotopic (exact) mass is 361 g/mol. The summed E-state index contributed by atoms with van der Waals surface area (Å²) < 4.78 is 41.7. The van der Waals surface area contributed by atoms with Crippen LogP contribution in [0.4, 0.5) is 13.2 Å². The summed E-state index contributed by atoms with van der Waals surface area (Å²) in [4.78, 5) is 1.88. The van der Waals surface area contributed by atoms with Crippen LogP contribution >= 0.6 is 15.9 Å². The molecule has 0 amide bonds. The normalized spacial score (nSPS) is 27.6. The summed E-state index contributed by atoms with van der Waals surface area (Å²) in [6.07, 6.45) is 5.85. The summed E-state index contributed by atoms with van der Waals surface area (Å²) in [6.45, 7) is 0. The third-order valence-corrected chi connectivity index (χ3v) is 3.65. The van der Waals surface area contributed by atoms with Gasteiger partial charge >= 0.3 is 6.36 Å². The van der Waals surface area contributed by atoms with Crippen LogP contribution in [0, 0.1) is 5.92 Å². The second-order valence-electron chi connectivity index (χ2n) is 4.69. The fraction of sp³-hybridized carbons (Fsp3) is 0.308. The van der Waals surface area contributed by atoms with Gasteiger partial charge in [0.1, 0.15) is 17.8 Å². The van der Waals surface area contributed by atoms with Crippen molar-refractivity contribution in [1.82, 2.24) is 10.3 Å². The molecule has 2 unspecified atom stereocenters. The van der Waals surface area contributed by atoms with Gasteiger partial charge in [0.25, 0.3) is 0 Å². The van der Waals surface area contributed by atoms with Crippen molar-refractivity contribution in [3.8, 4) is 0 Å². The summed E-state index contributed by atoms with van der Waals surface area (Å²) in [5, 5.41) is 4.23. The van der Waals surface area contributed by atoms with E-state index in [0.29, 0.717) is 12.3 Å². The molecule has 0 fully saturated rings. The van der Waals surface area contributed by atoms with Crippen LogP contribution < -0.4 is 5.43 Å². The molecule has 2 aliphatic heterocycles. The first-order chi connectivity index (χ1) is 9.92. The molecule has 3 aliphatic rings. The Balaban J connectivity index is 1.79. The number of rotatable bonds is 2. The Bertz CT molecular complexity index is 592. The molecule has 21 heavy (non-hydrogen) atoms. The molecule has 0 saturated carbocycles. The number of allylic oxidation sites excluding steroid dienone is 4. The largest absolute Gasteiger partial charge is 0.573 e. The molecular weight excluding hydrogens is 351 g/mol. The molecule has 0 aromatic rings. The van der Waals surface area contributed by atoms with Crippen molar-refractivity contribution in [2.45, 2.75) is 18.9 Å². The molecule has 8 heteroatoms. The first kappa shape index (κ1) is 14.2. The number of hydrazone groups is 1. The molecule has 3 rings (SSSR count). The zero-order valence-electron chi connectivity index (χ0n) is 10.6. The minimum atomic E-state index is -4.69. The van der Waals surface area contributed by atoms with E-state index in [9.17, 15) is 13.2 Å². The molecule has 2 heterocycles. The SMILES string of the molecule is FC(F)(F)OC1=CC(C2=NNC3C=CC(Br)=CN23)CC=C1. The van der Waals surface area contributed by atoms with Crippen LogP contribution in [0.25, 0.3) is 0 Å². The van der Waals surface area contributed by atoms with Crippen LogP contribution in [0.2, 0.25) is 0 Å². The molecule has 0 radical (unpaired) electrons. The minimum absolute atomic E-state index is 0.104. The standard InChI is InChI=1S/C13H11BrF3N3O/c14-9-4-5-11-18-19-12(20(11)7-9)8-2-1-3-10(6-8)21-13(15,16)17/h1,3-8,11,18H,2H2. The van der Waals surface area contributed by atoms with Gasteiger partial charge in [-0.25, -0.2) is 0 Å². The number of fused-ring (bicyclic) bond motifs is 1. The summed E-state index contributed by atoms with van der Waals surface area (Å²) in [7, 11) is 0. The van der Waals surface area contributed by atoms with E-state index in [1.54, 1.807) is 6.08 Å². The smallest absolute Gasteiger partial charge is 0.406 e. The van der Waals surface area contributed by atoms with Crippen LogP contribution in [0.15, 0.2) is 51.9 Å². The summed E-state index contributed by atoms with van der Waals surface area (Å²) in [5.74, 6) is 0.183. The molecule has 1 N–H and O–H groups in total. The van der Waals surface area contributed by atoms with Crippen LogP contribution in [-0.4, -0.2) is 23.3 Å². The second-order valence-corrected chi connectivity index (χ2v) is 5.60. The molecule has 1 aliphatic carbocycles. The van der Waals surface area contributed by atoms with Gasteiger partial charge in [-0.1, -0.05) is 6.08 Å². The van der Waals surface area contributed by atoms with Crippen molar-refractivity contribution < 1.29 is 17.9 Å². The molecule has 0 bridgehead atoms. The number of hydrogen-bond acceptors (Lipinski definition) is 4. The predicted molar refractivity (Wildman–Crippen MR) is 74.8 cm³/mol. The van der Waals surface area contributed by atoms with E-state index in [4.69, 9.17) is 0 Å². The van der Waals surface area contributed by atoms with Gasteiger partial charge in [0.15, 0.2) is 0 Å². The second kappa shape index (κ2) is 5.25. The number of hydrogen-bond donors (Lipinski definition) is 1. The molecule has 2 atom stereocenters. The molecule has 4 nitrogen and oxygen atoms in total. The lowest BCUT2D eigenvalue weighted by molar-refractivity contribution is -0.303. The molecule has 0 aromatic heterocycles. The third-order valence-electron chi connectivity index (χ3n) is 3.18. The van der Waals surface area contributed by atoms with E-state index < -0.39 is 6.36 Å². The Morgan fingerprint density at radius 3 is 2.95 bits per heavy atom. The number of halogens is 4. The number of ether oxygens (including phenoxy) is 1. The van der Waals surface area contributed by atoms with Gasteiger partial charge < -0.3 is 9.64 Å². The predicted octanol–water partition coefficient (Wildman–Crippen LogP) is 3.33. The average Bonchev–Trinajstić information content (AvgIpc) is 2.80. The Morgan fingerprint density at radius 2 is 2.19 bits per heavy atom. The van der Waals surface area contributed by atoms with Gasteiger partial charge in [-0.15, -0.1) is 13.2 Å². The van der Waals surface area contributed by atoms with Gasteiger partial charge in [0, 0.05) is 16.6 Å². The summed E-state index contributed by atoms with van der Waals surface area (Å²) in [6, 6.07) is 0. The highest BCUT2D eigenvalue weighted by atomic mass is 79.9. The maximum atomic E-state index is 12.3. The quantitative estimate of drug-likeness (QED) is 0.819. The lowest BCUT2D eigenvalue weighted by atomic mass is 9.97. The van der Waals surface area contributed by atoms with Gasteiger partial charge in [-0.3, -0.25) is 5.43 Å². The zero-order chi connectivity index (χ0) is 15.0. The average molecular weight is 362 g/mol. The van der Waals surface area contributed by atoms with Gasteiger partial charge in [-0.05, 0) is 46.7 Å². The molecule has 0 spiro atoms. The maximum Gasteiger partial charge on any atom is 0.573 e. The minimum Gasteiger partial charge on any atom is -0.406 e. The fourth-order valence-corrected chi connectivity index (χ4v) is 2.72. The highest BCUT2D eigenvalue weighted by Gasteiger charge is 2.35. The van der Waals surface area contributed by atoms with Crippen molar-refractivity contribution in [3.63, 3.8) is 0 Å². The topological polar surface area (TPSA) is 36.9 Å².